The van der Waals surface area contributed by atoms with Gasteiger partial charge in [0, 0.05) is 18.5 Å². The monoisotopic (exact) mass is 392 g/mol. The Morgan fingerprint density at radius 2 is 1.82 bits per heavy atom. The molecule has 4 rings (SSSR count). The number of carbonyl (C=O) groups excluding carboxylic acids is 2. The number of anilines is 1. The van der Waals surface area contributed by atoms with Gasteiger partial charge in [-0.15, -0.1) is 11.3 Å². The van der Waals surface area contributed by atoms with Gasteiger partial charge >= 0.3 is 5.97 Å². The highest BCUT2D eigenvalue weighted by Gasteiger charge is 2.33. The fourth-order valence-corrected chi connectivity index (χ4v) is 4.54. The molecule has 6 heteroatoms. The second-order valence-corrected chi connectivity index (χ2v) is 7.86. The largest absolute Gasteiger partial charge is 0.426 e. The van der Waals surface area contributed by atoms with Crippen molar-refractivity contribution in [2.24, 2.45) is 5.92 Å². The molecule has 1 aliphatic carbocycles. The number of allylic oxidation sites excluding steroid dienone is 2. The molecule has 0 saturated carbocycles. The highest BCUT2D eigenvalue weighted by atomic mass is 32.1. The standard InChI is InChI=1S/C22H20N2O3S/c1-14(25)23-15-10-12-16(13-11-15)27-22(26)18-7-3-2-6-17(18)21-24-19-8-4-5-9-20(19)28-21/h2-5,8-13,17-18H,6-7H2,1H3,(H,23,25). The summed E-state index contributed by atoms with van der Waals surface area (Å²) in [5, 5.41) is 3.67. The molecule has 1 heterocycles. The number of nitrogens with zero attached hydrogens (tertiary/aromatic N) is 1. The van der Waals surface area contributed by atoms with Gasteiger partial charge in [0.2, 0.25) is 5.91 Å². The summed E-state index contributed by atoms with van der Waals surface area (Å²) in [4.78, 5) is 28.7. The summed E-state index contributed by atoms with van der Waals surface area (Å²) >= 11 is 1.65. The third-order valence-corrected chi connectivity index (χ3v) is 5.92. The fraction of sp³-hybridized carbons (Fsp3) is 0.227. The fourth-order valence-electron chi connectivity index (χ4n) is 3.40. The lowest BCUT2D eigenvalue weighted by molar-refractivity contribution is -0.139. The molecule has 2 aromatic carbocycles. The van der Waals surface area contributed by atoms with Crippen LogP contribution in [-0.4, -0.2) is 16.9 Å². The summed E-state index contributed by atoms with van der Waals surface area (Å²) in [5.41, 5.74) is 1.64. The summed E-state index contributed by atoms with van der Waals surface area (Å²) in [6, 6.07) is 14.8. The minimum atomic E-state index is -0.263. The van der Waals surface area contributed by atoms with Gasteiger partial charge in [-0.2, -0.15) is 0 Å². The first-order valence-corrected chi connectivity index (χ1v) is 10.0. The van der Waals surface area contributed by atoms with Crippen LogP contribution >= 0.6 is 11.3 Å². The zero-order valence-corrected chi connectivity index (χ0v) is 16.2. The van der Waals surface area contributed by atoms with E-state index in [2.05, 4.69) is 17.5 Å². The van der Waals surface area contributed by atoms with E-state index in [1.807, 2.05) is 24.3 Å². The molecule has 1 aliphatic rings. The predicted octanol–water partition coefficient (Wildman–Crippen LogP) is 4.91. The first-order valence-electron chi connectivity index (χ1n) is 9.20. The third kappa shape index (κ3) is 3.97. The second-order valence-electron chi connectivity index (χ2n) is 6.80. The van der Waals surface area contributed by atoms with E-state index in [-0.39, 0.29) is 23.7 Å². The van der Waals surface area contributed by atoms with Crippen LogP contribution in [0, 0.1) is 5.92 Å². The third-order valence-electron chi connectivity index (χ3n) is 4.76. The van der Waals surface area contributed by atoms with Crippen molar-refractivity contribution in [3.63, 3.8) is 0 Å². The molecule has 1 amide bonds. The summed E-state index contributed by atoms with van der Waals surface area (Å²) in [7, 11) is 0. The van der Waals surface area contributed by atoms with E-state index >= 15 is 0 Å². The van der Waals surface area contributed by atoms with Crippen LogP contribution < -0.4 is 10.1 Å². The smallest absolute Gasteiger partial charge is 0.315 e. The Bertz CT molecular complexity index is 1010. The normalized spacial score (nSPS) is 18.8. The van der Waals surface area contributed by atoms with Gasteiger partial charge in [-0.3, -0.25) is 9.59 Å². The molecule has 2 atom stereocenters. The number of thiazole rings is 1. The van der Waals surface area contributed by atoms with Crippen molar-refractivity contribution in [1.29, 1.82) is 0 Å². The maximum atomic E-state index is 12.9. The number of fused-ring (bicyclic) bond motifs is 1. The van der Waals surface area contributed by atoms with Gasteiger partial charge < -0.3 is 10.1 Å². The zero-order chi connectivity index (χ0) is 19.5. The summed E-state index contributed by atoms with van der Waals surface area (Å²) in [6.07, 6.45) is 5.57. The number of para-hydroxylation sites is 1. The number of aromatic nitrogens is 1. The van der Waals surface area contributed by atoms with E-state index in [1.165, 1.54) is 6.92 Å². The molecule has 3 aromatic rings. The number of carbonyl (C=O) groups is 2. The molecule has 1 N–H and O–H groups in total. The van der Waals surface area contributed by atoms with Crippen molar-refractivity contribution in [3.05, 3.63) is 65.7 Å². The molecular formula is C22H20N2O3S. The highest BCUT2D eigenvalue weighted by Crippen LogP contribution is 2.39. The van der Waals surface area contributed by atoms with Gasteiger partial charge in [0.15, 0.2) is 0 Å². The number of nitrogens with one attached hydrogen (secondary N) is 1. The lowest BCUT2D eigenvalue weighted by Crippen LogP contribution is -2.27. The van der Waals surface area contributed by atoms with E-state index in [0.29, 0.717) is 17.9 Å². The molecule has 0 spiro atoms. The Morgan fingerprint density at radius 1 is 1.07 bits per heavy atom. The van der Waals surface area contributed by atoms with Gasteiger partial charge in [-0.1, -0.05) is 24.3 Å². The van der Waals surface area contributed by atoms with Gasteiger partial charge in [0.25, 0.3) is 0 Å². The number of benzene rings is 2. The summed E-state index contributed by atoms with van der Waals surface area (Å²) in [5.74, 6) is -0.163. The molecule has 142 valence electrons. The number of amides is 1. The van der Waals surface area contributed by atoms with Gasteiger partial charge in [-0.25, -0.2) is 4.98 Å². The van der Waals surface area contributed by atoms with Crippen molar-refractivity contribution in [3.8, 4) is 5.75 Å². The van der Waals surface area contributed by atoms with E-state index in [9.17, 15) is 9.59 Å². The molecule has 28 heavy (non-hydrogen) atoms. The maximum Gasteiger partial charge on any atom is 0.315 e. The number of ether oxygens (including phenoxy) is 1. The first kappa shape index (κ1) is 18.4. The van der Waals surface area contributed by atoms with Crippen LogP contribution in [0.5, 0.6) is 5.75 Å². The Labute approximate surface area is 167 Å². The topological polar surface area (TPSA) is 68.3 Å². The van der Waals surface area contributed by atoms with Gasteiger partial charge in [0.05, 0.1) is 21.1 Å². The summed E-state index contributed by atoms with van der Waals surface area (Å²) in [6.45, 7) is 1.45. The van der Waals surface area contributed by atoms with Crippen LogP contribution in [0.25, 0.3) is 10.2 Å². The highest BCUT2D eigenvalue weighted by molar-refractivity contribution is 7.18. The minimum absolute atomic E-state index is 0.0218. The van der Waals surface area contributed by atoms with E-state index in [1.54, 1.807) is 35.6 Å². The number of hydrogen-bond acceptors (Lipinski definition) is 5. The number of rotatable bonds is 4. The van der Waals surface area contributed by atoms with Crippen LogP contribution in [0.3, 0.4) is 0 Å². The predicted molar refractivity (Wildman–Crippen MR) is 111 cm³/mol. The Kier molecular flexibility index (Phi) is 5.21. The molecular weight excluding hydrogens is 372 g/mol. The maximum absolute atomic E-state index is 12.9. The molecule has 5 nitrogen and oxygen atoms in total. The molecule has 0 fully saturated rings. The van der Waals surface area contributed by atoms with E-state index < -0.39 is 0 Å². The van der Waals surface area contributed by atoms with Crippen molar-refractivity contribution >= 4 is 39.1 Å². The van der Waals surface area contributed by atoms with Crippen molar-refractivity contribution < 1.29 is 14.3 Å². The lowest BCUT2D eigenvalue weighted by atomic mass is 9.83. The molecule has 2 unspecified atom stereocenters. The average molecular weight is 392 g/mol. The first-order chi connectivity index (χ1) is 13.6. The van der Waals surface area contributed by atoms with Crippen molar-refractivity contribution in [2.45, 2.75) is 25.7 Å². The van der Waals surface area contributed by atoms with E-state index in [0.717, 1.165) is 21.6 Å². The van der Waals surface area contributed by atoms with Gasteiger partial charge in [0.1, 0.15) is 5.75 Å². The van der Waals surface area contributed by atoms with Crippen LogP contribution in [-0.2, 0) is 9.59 Å². The number of esters is 1. The minimum Gasteiger partial charge on any atom is -0.426 e. The Balaban J connectivity index is 1.51. The van der Waals surface area contributed by atoms with Crippen LogP contribution in [0.15, 0.2) is 60.7 Å². The second kappa shape index (κ2) is 7.94. The zero-order valence-electron chi connectivity index (χ0n) is 15.4. The van der Waals surface area contributed by atoms with Gasteiger partial charge in [-0.05, 0) is 49.2 Å². The Morgan fingerprint density at radius 3 is 2.57 bits per heavy atom. The molecule has 1 aromatic heterocycles. The molecule has 0 aliphatic heterocycles. The quantitative estimate of drug-likeness (QED) is 0.389. The SMILES string of the molecule is CC(=O)Nc1ccc(OC(=O)C2CC=CCC2c2nc3ccccc3s2)cc1. The molecule has 0 bridgehead atoms. The van der Waals surface area contributed by atoms with Crippen LogP contribution in [0.2, 0.25) is 0 Å². The Hall–Kier alpha value is -2.99. The van der Waals surface area contributed by atoms with Crippen molar-refractivity contribution in [1.82, 2.24) is 4.98 Å². The van der Waals surface area contributed by atoms with Crippen molar-refractivity contribution in [2.75, 3.05) is 5.32 Å². The van der Waals surface area contributed by atoms with E-state index in [4.69, 9.17) is 9.72 Å². The molecule has 0 saturated heterocycles. The van der Waals surface area contributed by atoms with Crippen LogP contribution in [0.4, 0.5) is 5.69 Å². The molecule has 0 radical (unpaired) electrons. The number of hydrogen-bond donors (Lipinski definition) is 1. The summed E-state index contributed by atoms with van der Waals surface area (Å²) < 4.78 is 6.76. The average Bonchev–Trinajstić information content (AvgIpc) is 3.13. The lowest BCUT2D eigenvalue weighted by Gasteiger charge is -2.25. The van der Waals surface area contributed by atoms with Crippen LogP contribution in [0.1, 0.15) is 30.7 Å².